The smallest absolute Gasteiger partial charge is 0.295 e. The summed E-state index contributed by atoms with van der Waals surface area (Å²) in [5.41, 5.74) is 2.96. The van der Waals surface area contributed by atoms with Gasteiger partial charge in [-0.05, 0) is 67.0 Å². The van der Waals surface area contributed by atoms with E-state index in [0.29, 0.717) is 35.8 Å². The highest BCUT2D eigenvalue weighted by molar-refractivity contribution is 6.46. The number of aryl methyl sites for hydroxylation is 1. The van der Waals surface area contributed by atoms with Crippen molar-refractivity contribution in [2.75, 3.05) is 26.9 Å². The van der Waals surface area contributed by atoms with Crippen LogP contribution in [0.1, 0.15) is 68.8 Å². The molecule has 4 rings (SSSR count). The highest BCUT2D eigenvalue weighted by atomic mass is 16.5. The lowest BCUT2D eigenvalue weighted by molar-refractivity contribution is -0.140. The van der Waals surface area contributed by atoms with Gasteiger partial charge in [-0.3, -0.25) is 9.59 Å². The number of ether oxygens (including phenoxy) is 3. The number of ketones is 1. The van der Waals surface area contributed by atoms with Gasteiger partial charge in [0.2, 0.25) is 0 Å². The van der Waals surface area contributed by atoms with E-state index in [2.05, 4.69) is 20.8 Å². The molecule has 0 aliphatic carbocycles. The van der Waals surface area contributed by atoms with Gasteiger partial charge in [0, 0.05) is 18.7 Å². The van der Waals surface area contributed by atoms with Gasteiger partial charge in [-0.2, -0.15) is 0 Å². The predicted octanol–water partition coefficient (Wildman–Crippen LogP) is 5.30. The monoisotopic (exact) mass is 507 g/mol. The maximum Gasteiger partial charge on any atom is 0.295 e. The van der Waals surface area contributed by atoms with E-state index >= 15 is 0 Å². The Hall–Kier alpha value is -3.32. The Labute approximate surface area is 219 Å². The van der Waals surface area contributed by atoms with Crippen molar-refractivity contribution in [2.45, 2.75) is 65.0 Å². The quantitative estimate of drug-likeness (QED) is 0.311. The minimum Gasteiger partial charge on any atom is -0.507 e. The predicted molar refractivity (Wildman–Crippen MR) is 142 cm³/mol. The van der Waals surface area contributed by atoms with Crippen molar-refractivity contribution in [1.82, 2.24) is 4.90 Å². The van der Waals surface area contributed by atoms with E-state index in [1.165, 1.54) is 4.90 Å². The summed E-state index contributed by atoms with van der Waals surface area (Å²) in [5, 5.41) is 11.6. The van der Waals surface area contributed by atoms with E-state index in [-0.39, 0.29) is 29.4 Å². The number of carbonyl (C=O) groups is 2. The number of methoxy groups -OCH3 is 1. The average Bonchev–Trinajstić information content (AvgIpc) is 3.46. The molecule has 7 nitrogen and oxygen atoms in total. The molecule has 2 aliphatic heterocycles. The summed E-state index contributed by atoms with van der Waals surface area (Å²) >= 11 is 0. The van der Waals surface area contributed by atoms with E-state index in [4.69, 9.17) is 14.2 Å². The van der Waals surface area contributed by atoms with Crippen LogP contribution in [0, 0.1) is 6.92 Å². The first kappa shape index (κ1) is 26.7. The van der Waals surface area contributed by atoms with Crippen molar-refractivity contribution < 1.29 is 28.9 Å². The molecule has 2 saturated heterocycles. The zero-order valence-corrected chi connectivity index (χ0v) is 22.6. The summed E-state index contributed by atoms with van der Waals surface area (Å²) in [6.45, 7) is 11.4. The minimum absolute atomic E-state index is 0.0726. The van der Waals surface area contributed by atoms with E-state index < -0.39 is 17.7 Å². The van der Waals surface area contributed by atoms with Crippen molar-refractivity contribution in [3.8, 4) is 11.5 Å². The Bertz CT molecular complexity index is 1220. The Morgan fingerprint density at radius 3 is 2.51 bits per heavy atom. The minimum atomic E-state index is -0.786. The Balaban J connectivity index is 1.90. The lowest BCUT2D eigenvalue weighted by Crippen LogP contribution is -2.36. The van der Waals surface area contributed by atoms with Crippen molar-refractivity contribution in [3.05, 3.63) is 64.2 Å². The van der Waals surface area contributed by atoms with Crippen molar-refractivity contribution >= 4 is 17.4 Å². The molecule has 0 bridgehead atoms. The van der Waals surface area contributed by atoms with Crippen LogP contribution in [-0.2, 0) is 19.7 Å². The second-order valence-electron chi connectivity index (χ2n) is 10.7. The molecule has 0 radical (unpaired) electrons. The summed E-state index contributed by atoms with van der Waals surface area (Å²) in [6, 6.07) is 10.5. The SMILES string of the molecule is CCOc1ccc(C2/C(=C(\O)c3cc(C(C)(C)C)ccc3C)C(=O)C(=O)N2CC2CCCO2)cc1OC. The van der Waals surface area contributed by atoms with E-state index in [1.54, 1.807) is 19.2 Å². The fourth-order valence-corrected chi connectivity index (χ4v) is 5.04. The van der Waals surface area contributed by atoms with Crippen LogP contribution in [0.25, 0.3) is 5.76 Å². The fourth-order valence-electron chi connectivity index (χ4n) is 5.04. The van der Waals surface area contributed by atoms with Crippen molar-refractivity contribution in [3.63, 3.8) is 0 Å². The molecule has 0 aromatic heterocycles. The summed E-state index contributed by atoms with van der Waals surface area (Å²) < 4.78 is 17.0. The maximum absolute atomic E-state index is 13.5. The molecular weight excluding hydrogens is 470 g/mol. The molecule has 37 heavy (non-hydrogen) atoms. The topological polar surface area (TPSA) is 85.3 Å². The first-order chi connectivity index (χ1) is 17.6. The third-order valence-electron chi connectivity index (χ3n) is 7.13. The molecule has 2 fully saturated rings. The number of nitrogens with zero attached hydrogens (tertiary/aromatic N) is 1. The van der Waals surface area contributed by atoms with E-state index in [9.17, 15) is 14.7 Å². The zero-order chi connectivity index (χ0) is 26.9. The van der Waals surface area contributed by atoms with Crippen molar-refractivity contribution in [1.29, 1.82) is 0 Å². The van der Waals surface area contributed by atoms with Gasteiger partial charge in [0.05, 0.1) is 31.4 Å². The highest BCUT2D eigenvalue weighted by Crippen LogP contribution is 2.43. The number of likely N-dealkylation sites (tertiary alicyclic amines) is 1. The molecule has 7 heteroatoms. The molecule has 0 saturated carbocycles. The fraction of sp³-hybridized carbons (Fsp3) is 0.467. The van der Waals surface area contributed by atoms with Gasteiger partial charge < -0.3 is 24.2 Å². The average molecular weight is 508 g/mol. The van der Waals surface area contributed by atoms with Crippen LogP contribution in [0.4, 0.5) is 0 Å². The second-order valence-corrected chi connectivity index (χ2v) is 10.7. The van der Waals surface area contributed by atoms with Crippen molar-refractivity contribution in [2.24, 2.45) is 0 Å². The normalized spacial score (nSPS) is 21.5. The van der Waals surface area contributed by atoms with Crippen LogP contribution in [0.3, 0.4) is 0 Å². The molecule has 198 valence electrons. The second kappa shape index (κ2) is 10.6. The van der Waals surface area contributed by atoms with Gasteiger partial charge in [-0.25, -0.2) is 0 Å². The van der Waals surface area contributed by atoms with Gasteiger partial charge in [-0.15, -0.1) is 0 Å². The third kappa shape index (κ3) is 5.23. The zero-order valence-electron chi connectivity index (χ0n) is 22.6. The molecule has 2 aromatic rings. The third-order valence-corrected chi connectivity index (χ3v) is 7.13. The Kier molecular flexibility index (Phi) is 7.64. The first-order valence-corrected chi connectivity index (χ1v) is 12.9. The number of carbonyl (C=O) groups excluding carboxylic acids is 2. The highest BCUT2D eigenvalue weighted by Gasteiger charge is 2.47. The molecule has 1 amide bonds. The number of Topliss-reactive ketones (excluding diaryl/α,β-unsaturated/α-hetero) is 1. The number of hydrogen-bond acceptors (Lipinski definition) is 6. The Morgan fingerprint density at radius 1 is 1.14 bits per heavy atom. The van der Waals surface area contributed by atoms with Crippen LogP contribution in [0.2, 0.25) is 0 Å². The van der Waals surface area contributed by atoms with Crippen LogP contribution >= 0.6 is 0 Å². The van der Waals surface area contributed by atoms with Gasteiger partial charge in [0.15, 0.2) is 11.5 Å². The van der Waals surface area contributed by atoms with Gasteiger partial charge in [0.25, 0.3) is 11.7 Å². The largest absolute Gasteiger partial charge is 0.507 e. The van der Waals surface area contributed by atoms with Gasteiger partial charge in [-0.1, -0.05) is 39.0 Å². The standard InChI is InChI=1S/C30H37NO6/c1-7-36-23-13-11-19(15-24(23)35-6)26-25(28(33)29(34)31(26)17-21-9-8-14-37-21)27(32)22-16-20(30(3,4)5)12-10-18(22)2/h10-13,15-16,21,26,32H,7-9,14,17H2,1-6H3/b27-25+. The molecule has 2 unspecified atom stereocenters. The van der Waals surface area contributed by atoms with Crippen LogP contribution in [0.15, 0.2) is 42.0 Å². The molecule has 2 aliphatic rings. The lowest BCUT2D eigenvalue weighted by Gasteiger charge is -2.28. The van der Waals surface area contributed by atoms with E-state index in [1.807, 2.05) is 38.1 Å². The molecule has 2 heterocycles. The van der Waals surface area contributed by atoms with Crippen LogP contribution < -0.4 is 9.47 Å². The Morgan fingerprint density at radius 2 is 1.89 bits per heavy atom. The molecule has 2 atom stereocenters. The summed E-state index contributed by atoms with van der Waals surface area (Å²) in [4.78, 5) is 28.4. The summed E-state index contributed by atoms with van der Waals surface area (Å²) in [6.07, 6.45) is 1.57. The maximum atomic E-state index is 13.5. The number of aliphatic hydroxyl groups excluding tert-OH is 1. The first-order valence-electron chi connectivity index (χ1n) is 12.9. The summed E-state index contributed by atoms with van der Waals surface area (Å²) in [5.74, 6) is -0.449. The molecule has 0 spiro atoms. The number of rotatable bonds is 7. The molecular formula is C30H37NO6. The van der Waals surface area contributed by atoms with Gasteiger partial charge >= 0.3 is 0 Å². The number of benzene rings is 2. The number of aliphatic hydroxyl groups is 1. The molecule has 2 aromatic carbocycles. The van der Waals surface area contributed by atoms with Crippen LogP contribution in [0.5, 0.6) is 11.5 Å². The number of amides is 1. The lowest BCUT2D eigenvalue weighted by atomic mass is 9.84. The van der Waals surface area contributed by atoms with Crippen LogP contribution in [-0.4, -0.2) is 54.7 Å². The van der Waals surface area contributed by atoms with Gasteiger partial charge in [0.1, 0.15) is 5.76 Å². The summed E-state index contributed by atoms with van der Waals surface area (Å²) in [7, 11) is 1.55. The molecule has 1 N–H and O–H groups in total. The van der Waals surface area contributed by atoms with E-state index in [0.717, 1.165) is 24.0 Å². The number of hydrogen-bond donors (Lipinski definition) is 1.